The van der Waals surface area contributed by atoms with Crippen molar-refractivity contribution in [3.05, 3.63) is 11.8 Å². The zero-order valence-electron chi connectivity index (χ0n) is 10.7. The van der Waals surface area contributed by atoms with E-state index in [0.717, 1.165) is 31.4 Å². The lowest BCUT2D eigenvalue weighted by Gasteiger charge is -2.21. The Morgan fingerprint density at radius 3 is 3.11 bits per heavy atom. The van der Waals surface area contributed by atoms with Crippen LogP contribution >= 0.6 is 0 Å². The summed E-state index contributed by atoms with van der Waals surface area (Å²) in [4.78, 5) is 11.7. The summed E-state index contributed by atoms with van der Waals surface area (Å²) in [6, 6.07) is 0. The molecule has 1 aromatic heterocycles. The quantitative estimate of drug-likeness (QED) is 0.821. The predicted molar refractivity (Wildman–Crippen MR) is 67.7 cm³/mol. The van der Waals surface area contributed by atoms with Gasteiger partial charge >= 0.3 is 0 Å². The monoisotopic (exact) mass is 252 g/mol. The van der Waals surface area contributed by atoms with Gasteiger partial charge in [0, 0.05) is 25.8 Å². The fourth-order valence-electron chi connectivity index (χ4n) is 2.07. The standard InChI is InChI=1S/C12H20N4O2/c1-16-12(13)9(8-15-16)7-14-11(17)6-10-4-2-3-5-18-10/h8,10H,2-7,13H2,1H3,(H,14,17). The van der Waals surface area contributed by atoms with Crippen molar-refractivity contribution in [2.24, 2.45) is 7.05 Å². The number of carbonyl (C=O) groups is 1. The molecule has 2 rings (SSSR count). The van der Waals surface area contributed by atoms with E-state index in [-0.39, 0.29) is 12.0 Å². The first-order valence-electron chi connectivity index (χ1n) is 6.31. The molecular weight excluding hydrogens is 232 g/mol. The van der Waals surface area contributed by atoms with Gasteiger partial charge in [0.1, 0.15) is 5.82 Å². The fraction of sp³-hybridized carbons (Fsp3) is 0.667. The third kappa shape index (κ3) is 3.22. The molecule has 3 N–H and O–H groups in total. The van der Waals surface area contributed by atoms with Crippen LogP contribution in [0, 0.1) is 0 Å². The van der Waals surface area contributed by atoms with Crippen LogP contribution in [0.15, 0.2) is 6.20 Å². The summed E-state index contributed by atoms with van der Waals surface area (Å²) in [5.74, 6) is 0.592. The van der Waals surface area contributed by atoms with Gasteiger partial charge in [-0.15, -0.1) is 0 Å². The van der Waals surface area contributed by atoms with Crippen LogP contribution in [-0.4, -0.2) is 28.4 Å². The Hall–Kier alpha value is -1.56. The molecule has 0 aliphatic carbocycles. The van der Waals surface area contributed by atoms with Gasteiger partial charge in [-0.3, -0.25) is 9.48 Å². The third-order valence-corrected chi connectivity index (χ3v) is 3.23. The van der Waals surface area contributed by atoms with E-state index >= 15 is 0 Å². The van der Waals surface area contributed by atoms with E-state index in [0.29, 0.717) is 18.8 Å². The molecule has 1 atom stereocenters. The van der Waals surface area contributed by atoms with Crippen LogP contribution in [0.25, 0.3) is 0 Å². The Morgan fingerprint density at radius 1 is 1.67 bits per heavy atom. The number of aromatic nitrogens is 2. The number of ether oxygens (including phenoxy) is 1. The maximum absolute atomic E-state index is 11.7. The maximum atomic E-state index is 11.7. The van der Waals surface area contributed by atoms with Crippen LogP contribution in [-0.2, 0) is 23.1 Å². The van der Waals surface area contributed by atoms with Crippen LogP contribution in [0.2, 0.25) is 0 Å². The molecule has 0 spiro atoms. The predicted octanol–water partition coefficient (Wildman–Crippen LogP) is 0.578. The van der Waals surface area contributed by atoms with Crippen molar-refractivity contribution in [1.82, 2.24) is 15.1 Å². The first-order chi connectivity index (χ1) is 8.66. The average Bonchev–Trinajstić information content (AvgIpc) is 2.69. The van der Waals surface area contributed by atoms with Crippen molar-refractivity contribution in [3.63, 3.8) is 0 Å². The number of anilines is 1. The zero-order chi connectivity index (χ0) is 13.0. The number of hydrogen-bond acceptors (Lipinski definition) is 4. The van der Waals surface area contributed by atoms with Crippen molar-refractivity contribution in [1.29, 1.82) is 0 Å². The van der Waals surface area contributed by atoms with Gasteiger partial charge in [0.25, 0.3) is 0 Å². The van der Waals surface area contributed by atoms with E-state index in [4.69, 9.17) is 10.5 Å². The number of nitrogens with zero attached hydrogens (tertiary/aromatic N) is 2. The number of carbonyl (C=O) groups excluding carboxylic acids is 1. The second-order valence-corrected chi connectivity index (χ2v) is 4.65. The lowest BCUT2D eigenvalue weighted by molar-refractivity contribution is -0.125. The van der Waals surface area contributed by atoms with Crippen molar-refractivity contribution in [2.45, 2.75) is 38.3 Å². The first-order valence-corrected chi connectivity index (χ1v) is 6.31. The highest BCUT2D eigenvalue weighted by atomic mass is 16.5. The van der Waals surface area contributed by atoms with Gasteiger partial charge < -0.3 is 15.8 Å². The largest absolute Gasteiger partial charge is 0.384 e. The Balaban J connectivity index is 1.76. The number of nitrogens with two attached hydrogens (primary N) is 1. The number of nitrogens with one attached hydrogen (secondary N) is 1. The lowest BCUT2D eigenvalue weighted by atomic mass is 10.1. The molecule has 1 saturated heterocycles. The SMILES string of the molecule is Cn1ncc(CNC(=O)CC2CCCCO2)c1N. The smallest absolute Gasteiger partial charge is 0.222 e. The average molecular weight is 252 g/mol. The van der Waals surface area contributed by atoms with Gasteiger partial charge in [-0.05, 0) is 19.3 Å². The van der Waals surface area contributed by atoms with Crippen molar-refractivity contribution >= 4 is 11.7 Å². The summed E-state index contributed by atoms with van der Waals surface area (Å²) >= 11 is 0. The zero-order valence-corrected chi connectivity index (χ0v) is 10.7. The molecule has 1 unspecified atom stereocenters. The number of hydrogen-bond donors (Lipinski definition) is 2. The van der Waals surface area contributed by atoms with Gasteiger partial charge in [0.05, 0.1) is 18.7 Å². The lowest BCUT2D eigenvalue weighted by Crippen LogP contribution is -2.30. The minimum absolute atomic E-state index is 0.00477. The summed E-state index contributed by atoms with van der Waals surface area (Å²) < 4.78 is 7.12. The normalized spacial score (nSPS) is 19.7. The van der Waals surface area contributed by atoms with E-state index < -0.39 is 0 Å². The molecule has 0 aromatic carbocycles. The third-order valence-electron chi connectivity index (χ3n) is 3.23. The molecule has 6 heteroatoms. The highest BCUT2D eigenvalue weighted by Crippen LogP contribution is 2.15. The van der Waals surface area contributed by atoms with Gasteiger partial charge in [0.2, 0.25) is 5.91 Å². The number of aryl methyl sites for hydroxylation is 1. The molecule has 18 heavy (non-hydrogen) atoms. The minimum Gasteiger partial charge on any atom is -0.384 e. The summed E-state index contributed by atoms with van der Waals surface area (Å²) in [6.45, 7) is 1.19. The Labute approximate surface area is 106 Å². The minimum atomic E-state index is 0.00477. The first kappa shape index (κ1) is 12.9. The van der Waals surface area contributed by atoms with E-state index in [2.05, 4.69) is 10.4 Å². The van der Waals surface area contributed by atoms with Crippen LogP contribution in [0.4, 0.5) is 5.82 Å². The van der Waals surface area contributed by atoms with Gasteiger partial charge in [-0.1, -0.05) is 0 Å². The molecule has 1 aliphatic rings. The summed E-state index contributed by atoms with van der Waals surface area (Å²) in [7, 11) is 1.77. The molecule has 0 radical (unpaired) electrons. The highest BCUT2D eigenvalue weighted by Gasteiger charge is 2.17. The van der Waals surface area contributed by atoms with Gasteiger partial charge in [-0.2, -0.15) is 5.10 Å². The number of rotatable bonds is 4. The Morgan fingerprint density at radius 2 is 2.50 bits per heavy atom. The van der Waals surface area contributed by atoms with E-state index in [9.17, 15) is 4.79 Å². The second-order valence-electron chi connectivity index (χ2n) is 4.65. The van der Waals surface area contributed by atoms with Crippen LogP contribution in [0.3, 0.4) is 0 Å². The second kappa shape index (κ2) is 5.86. The van der Waals surface area contributed by atoms with Crippen LogP contribution in [0.5, 0.6) is 0 Å². The summed E-state index contributed by atoms with van der Waals surface area (Å²) in [6.07, 6.45) is 5.40. The molecule has 0 bridgehead atoms. The molecule has 1 fully saturated rings. The van der Waals surface area contributed by atoms with Crippen molar-refractivity contribution < 1.29 is 9.53 Å². The molecule has 0 saturated carbocycles. The fourth-order valence-corrected chi connectivity index (χ4v) is 2.07. The molecule has 1 aromatic rings. The maximum Gasteiger partial charge on any atom is 0.222 e. The van der Waals surface area contributed by atoms with Crippen molar-refractivity contribution in [3.8, 4) is 0 Å². The topological polar surface area (TPSA) is 82.2 Å². The van der Waals surface area contributed by atoms with E-state index in [1.807, 2.05) is 0 Å². The van der Waals surface area contributed by atoms with Crippen molar-refractivity contribution in [2.75, 3.05) is 12.3 Å². The Kier molecular flexibility index (Phi) is 4.19. The number of amides is 1. The van der Waals surface area contributed by atoms with E-state index in [1.165, 1.54) is 0 Å². The van der Waals surface area contributed by atoms with Crippen LogP contribution in [0.1, 0.15) is 31.2 Å². The molecule has 100 valence electrons. The van der Waals surface area contributed by atoms with E-state index in [1.54, 1.807) is 17.9 Å². The summed E-state index contributed by atoms with van der Waals surface area (Å²) in [5.41, 5.74) is 6.64. The highest BCUT2D eigenvalue weighted by molar-refractivity contribution is 5.76. The Bertz CT molecular complexity index is 410. The summed E-state index contributed by atoms with van der Waals surface area (Å²) in [5, 5.41) is 6.87. The molecule has 1 aliphatic heterocycles. The molecular formula is C12H20N4O2. The van der Waals surface area contributed by atoms with Gasteiger partial charge in [0.15, 0.2) is 0 Å². The molecule has 6 nitrogen and oxygen atoms in total. The van der Waals surface area contributed by atoms with Crippen LogP contribution < -0.4 is 11.1 Å². The van der Waals surface area contributed by atoms with Gasteiger partial charge in [-0.25, -0.2) is 0 Å². The number of nitrogen functional groups attached to an aromatic ring is 1. The molecule has 2 heterocycles. The molecule has 1 amide bonds.